The fourth-order valence-corrected chi connectivity index (χ4v) is 3.26. The number of hydrogen-bond acceptors (Lipinski definition) is 7. The van der Waals surface area contributed by atoms with Gasteiger partial charge in [0, 0.05) is 29.4 Å². The molecule has 1 aliphatic heterocycles. The maximum atomic E-state index is 12.5. The first kappa shape index (κ1) is 19.2. The Kier molecular flexibility index (Phi) is 5.10. The maximum Gasteiger partial charge on any atom is 0.267 e. The molecule has 3 aromatic rings. The van der Waals surface area contributed by atoms with Crippen molar-refractivity contribution in [1.82, 2.24) is 25.0 Å². The summed E-state index contributed by atoms with van der Waals surface area (Å²) in [5, 5.41) is 16.5. The van der Waals surface area contributed by atoms with Crippen LogP contribution >= 0.6 is 0 Å². The lowest BCUT2D eigenvalue weighted by atomic mass is 9.92. The molecular weight excluding hydrogens is 368 g/mol. The SMILES string of the molecule is CC(C)(C)c1ccc(NC2COCC2n2nc(-c3ccncc3)ccc2=O)nn1. The summed E-state index contributed by atoms with van der Waals surface area (Å²) < 4.78 is 7.15. The Labute approximate surface area is 169 Å². The molecule has 0 aliphatic carbocycles. The third-order valence-corrected chi connectivity index (χ3v) is 4.93. The molecule has 1 N–H and O–H groups in total. The van der Waals surface area contributed by atoms with Crippen LogP contribution < -0.4 is 10.9 Å². The van der Waals surface area contributed by atoms with Crippen molar-refractivity contribution in [3.63, 3.8) is 0 Å². The molecule has 1 aliphatic rings. The van der Waals surface area contributed by atoms with Gasteiger partial charge >= 0.3 is 0 Å². The second-order valence-corrected chi connectivity index (χ2v) is 8.15. The highest BCUT2D eigenvalue weighted by atomic mass is 16.5. The number of ether oxygens (including phenoxy) is 1. The summed E-state index contributed by atoms with van der Waals surface area (Å²) >= 11 is 0. The van der Waals surface area contributed by atoms with Crippen molar-refractivity contribution in [2.75, 3.05) is 18.5 Å². The molecule has 29 heavy (non-hydrogen) atoms. The highest BCUT2D eigenvalue weighted by molar-refractivity contribution is 5.57. The van der Waals surface area contributed by atoms with Gasteiger partial charge in [0.2, 0.25) is 0 Å². The van der Waals surface area contributed by atoms with Gasteiger partial charge < -0.3 is 10.1 Å². The average molecular weight is 392 g/mol. The summed E-state index contributed by atoms with van der Waals surface area (Å²) in [6, 6.07) is 10.5. The van der Waals surface area contributed by atoms with Gasteiger partial charge in [-0.1, -0.05) is 20.8 Å². The molecule has 0 aromatic carbocycles. The minimum atomic E-state index is -0.242. The first-order chi connectivity index (χ1) is 13.9. The van der Waals surface area contributed by atoms with Gasteiger partial charge in [-0.2, -0.15) is 10.2 Å². The largest absolute Gasteiger partial charge is 0.377 e. The second-order valence-electron chi connectivity index (χ2n) is 8.15. The molecule has 0 amide bonds. The molecule has 0 saturated carbocycles. The Morgan fingerprint density at radius 1 is 1.03 bits per heavy atom. The van der Waals surface area contributed by atoms with Gasteiger partial charge in [0.05, 0.1) is 30.6 Å². The fraction of sp³-hybridized carbons (Fsp3) is 0.381. The third kappa shape index (κ3) is 4.17. The average Bonchev–Trinajstić information content (AvgIpc) is 3.16. The van der Waals surface area contributed by atoms with Crippen molar-refractivity contribution in [3.8, 4) is 11.3 Å². The highest BCUT2D eigenvalue weighted by Crippen LogP contribution is 2.24. The van der Waals surface area contributed by atoms with Gasteiger partial charge in [0.15, 0.2) is 0 Å². The van der Waals surface area contributed by atoms with Crippen molar-refractivity contribution in [2.45, 2.75) is 38.3 Å². The van der Waals surface area contributed by atoms with Crippen LogP contribution in [0.3, 0.4) is 0 Å². The lowest BCUT2D eigenvalue weighted by Gasteiger charge is -2.22. The molecule has 4 rings (SSSR count). The van der Waals surface area contributed by atoms with E-state index in [1.807, 2.05) is 24.3 Å². The second kappa shape index (κ2) is 7.71. The van der Waals surface area contributed by atoms with Crippen molar-refractivity contribution >= 4 is 5.82 Å². The predicted octanol–water partition coefficient (Wildman–Crippen LogP) is 2.44. The Hall–Kier alpha value is -3.13. The van der Waals surface area contributed by atoms with Gasteiger partial charge in [-0.3, -0.25) is 9.78 Å². The zero-order chi connectivity index (χ0) is 20.4. The standard InChI is InChI=1S/C21H24N6O2/c1-21(2,3)18-5-6-19(25-24-18)23-16-12-29-13-17(16)27-20(28)7-4-15(26-27)14-8-10-22-11-9-14/h4-11,16-17H,12-13H2,1-3H3,(H,23,25). The van der Waals surface area contributed by atoms with E-state index in [1.165, 1.54) is 10.7 Å². The van der Waals surface area contributed by atoms with Gasteiger partial charge in [-0.05, 0) is 30.3 Å². The summed E-state index contributed by atoms with van der Waals surface area (Å²) in [6.45, 7) is 7.15. The van der Waals surface area contributed by atoms with E-state index in [-0.39, 0.29) is 23.1 Å². The van der Waals surface area contributed by atoms with Gasteiger partial charge in [0.1, 0.15) is 11.9 Å². The van der Waals surface area contributed by atoms with Gasteiger partial charge in [0.25, 0.3) is 5.56 Å². The number of aromatic nitrogens is 5. The summed E-state index contributed by atoms with van der Waals surface area (Å²) in [5.74, 6) is 0.650. The summed E-state index contributed by atoms with van der Waals surface area (Å²) in [5.41, 5.74) is 2.31. The quantitative estimate of drug-likeness (QED) is 0.729. The van der Waals surface area contributed by atoms with Crippen LogP contribution in [0.25, 0.3) is 11.3 Å². The highest BCUT2D eigenvalue weighted by Gasteiger charge is 2.32. The number of pyridine rings is 1. The molecule has 4 heterocycles. The molecule has 2 atom stereocenters. The van der Waals surface area contributed by atoms with Crippen LogP contribution in [-0.2, 0) is 10.2 Å². The van der Waals surface area contributed by atoms with Crippen LogP contribution in [0.5, 0.6) is 0 Å². The van der Waals surface area contributed by atoms with Crippen molar-refractivity contribution < 1.29 is 4.74 Å². The van der Waals surface area contributed by atoms with E-state index in [0.717, 1.165) is 11.3 Å². The van der Waals surface area contributed by atoms with Gasteiger partial charge in [-0.15, -0.1) is 5.10 Å². The van der Waals surface area contributed by atoms with Crippen LogP contribution in [0.4, 0.5) is 5.82 Å². The molecule has 1 saturated heterocycles. The van der Waals surface area contributed by atoms with E-state index in [1.54, 1.807) is 18.5 Å². The zero-order valence-electron chi connectivity index (χ0n) is 16.7. The third-order valence-electron chi connectivity index (χ3n) is 4.93. The van der Waals surface area contributed by atoms with Crippen LogP contribution in [0, 0.1) is 0 Å². The zero-order valence-corrected chi connectivity index (χ0v) is 16.7. The molecular formula is C21H24N6O2. The topological polar surface area (TPSA) is 94.8 Å². The molecule has 0 bridgehead atoms. The van der Waals surface area contributed by atoms with Gasteiger partial charge in [-0.25, -0.2) is 4.68 Å². The first-order valence-electron chi connectivity index (χ1n) is 9.60. The van der Waals surface area contributed by atoms with Crippen molar-refractivity contribution in [1.29, 1.82) is 0 Å². The van der Waals surface area contributed by atoms with E-state index < -0.39 is 0 Å². The fourth-order valence-electron chi connectivity index (χ4n) is 3.26. The normalized spacial score (nSPS) is 19.3. The summed E-state index contributed by atoms with van der Waals surface area (Å²) in [6.07, 6.45) is 3.41. The van der Waals surface area contributed by atoms with E-state index in [9.17, 15) is 4.79 Å². The Morgan fingerprint density at radius 3 is 2.52 bits per heavy atom. The summed E-state index contributed by atoms with van der Waals surface area (Å²) in [7, 11) is 0. The number of nitrogens with one attached hydrogen (secondary N) is 1. The maximum absolute atomic E-state index is 12.5. The number of anilines is 1. The minimum Gasteiger partial charge on any atom is -0.377 e. The Bertz CT molecular complexity index is 1030. The van der Waals surface area contributed by atoms with Crippen LogP contribution in [0.15, 0.2) is 53.6 Å². The molecule has 8 nitrogen and oxygen atoms in total. The van der Waals surface area contributed by atoms with Crippen molar-refractivity contribution in [3.05, 3.63) is 64.8 Å². The van der Waals surface area contributed by atoms with E-state index in [4.69, 9.17) is 4.74 Å². The first-order valence-corrected chi connectivity index (χ1v) is 9.60. The van der Waals surface area contributed by atoms with E-state index in [0.29, 0.717) is 24.7 Å². The summed E-state index contributed by atoms with van der Waals surface area (Å²) in [4.78, 5) is 16.5. The molecule has 3 aromatic heterocycles. The molecule has 0 radical (unpaired) electrons. The van der Waals surface area contributed by atoms with E-state index in [2.05, 4.69) is 46.4 Å². The molecule has 8 heteroatoms. The lowest BCUT2D eigenvalue weighted by Crippen LogP contribution is -2.37. The number of hydrogen-bond donors (Lipinski definition) is 1. The molecule has 2 unspecified atom stereocenters. The minimum absolute atomic E-state index is 0.0604. The predicted molar refractivity (Wildman–Crippen MR) is 110 cm³/mol. The molecule has 0 spiro atoms. The van der Waals surface area contributed by atoms with Crippen molar-refractivity contribution in [2.24, 2.45) is 0 Å². The Morgan fingerprint density at radius 2 is 1.83 bits per heavy atom. The smallest absolute Gasteiger partial charge is 0.267 e. The number of nitrogens with zero attached hydrogens (tertiary/aromatic N) is 5. The monoisotopic (exact) mass is 392 g/mol. The van der Waals surface area contributed by atoms with Crippen LogP contribution in [-0.4, -0.2) is 44.2 Å². The van der Waals surface area contributed by atoms with Crippen LogP contribution in [0.2, 0.25) is 0 Å². The van der Waals surface area contributed by atoms with Crippen LogP contribution in [0.1, 0.15) is 32.5 Å². The van der Waals surface area contributed by atoms with E-state index >= 15 is 0 Å². The Balaban J connectivity index is 1.58. The number of rotatable bonds is 4. The molecule has 150 valence electrons. The molecule has 1 fully saturated rings. The lowest BCUT2D eigenvalue weighted by molar-refractivity contribution is 0.183.